The monoisotopic (exact) mass is 241 g/mol. The molecule has 0 bridgehead atoms. The van der Waals surface area contributed by atoms with E-state index in [0.29, 0.717) is 5.69 Å². The molecule has 0 saturated heterocycles. The van der Waals surface area contributed by atoms with Crippen LogP contribution in [0.15, 0.2) is 59.9 Å². The number of rotatable bonds is 4. The molecule has 2 aromatic rings. The first kappa shape index (κ1) is 11.8. The van der Waals surface area contributed by atoms with Crippen LogP contribution < -0.4 is 10.1 Å². The van der Waals surface area contributed by atoms with Gasteiger partial charge in [-0.25, -0.2) is 0 Å². The topological polar surface area (TPSA) is 72.8 Å². The quantitative estimate of drug-likeness (QED) is 0.605. The van der Waals surface area contributed by atoms with Crippen LogP contribution in [0.1, 0.15) is 10.4 Å². The summed E-state index contributed by atoms with van der Waals surface area (Å²) in [7, 11) is 0. The van der Waals surface area contributed by atoms with Crippen molar-refractivity contribution in [3.8, 4) is 0 Å². The van der Waals surface area contributed by atoms with Gasteiger partial charge in [-0.15, -0.1) is 4.91 Å². The second-order valence-electron chi connectivity index (χ2n) is 3.53. The zero-order valence-corrected chi connectivity index (χ0v) is 9.32. The third-order valence-electron chi connectivity index (χ3n) is 2.43. The molecule has 0 spiro atoms. The van der Waals surface area contributed by atoms with Gasteiger partial charge in [-0.1, -0.05) is 36.4 Å². The summed E-state index contributed by atoms with van der Waals surface area (Å²) in [4.78, 5) is 21.9. The van der Waals surface area contributed by atoms with Gasteiger partial charge in [0.25, 0.3) is 0 Å². The van der Waals surface area contributed by atoms with Gasteiger partial charge in [0.1, 0.15) is 0 Å². The molecule has 2 rings (SSSR count). The number of aromatic carboxylic acids is 1. The number of para-hydroxylation sites is 2. The Bertz CT molecular complexity index is 569. The predicted molar refractivity (Wildman–Crippen MR) is 65.1 cm³/mol. The van der Waals surface area contributed by atoms with E-state index in [0.717, 1.165) is 5.01 Å². The van der Waals surface area contributed by atoms with E-state index in [-0.39, 0.29) is 11.3 Å². The van der Waals surface area contributed by atoms with Crippen LogP contribution in [0.2, 0.25) is 0 Å². The molecule has 0 aliphatic rings. The highest BCUT2D eigenvalue weighted by Crippen LogP contribution is 2.28. The SMILES string of the molecule is O=NN(c1ccccc1)c1ccccc1C(=O)[O-]. The average Bonchev–Trinajstić information content (AvgIpc) is 2.41. The van der Waals surface area contributed by atoms with Crippen LogP contribution in [0.5, 0.6) is 0 Å². The maximum absolute atomic E-state index is 11.0. The van der Waals surface area contributed by atoms with E-state index in [1.54, 1.807) is 42.5 Å². The molecule has 0 amide bonds. The Labute approximate surface area is 103 Å². The van der Waals surface area contributed by atoms with Gasteiger partial charge in [0, 0.05) is 5.56 Å². The van der Waals surface area contributed by atoms with E-state index in [9.17, 15) is 14.8 Å². The van der Waals surface area contributed by atoms with Crippen LogP contribution in [0.3, 0.4) is 0 Å². The van der Waals surface area contributed by atoms with E-state index in [1.165, 1.54) is 12.1 Å². The molecule has 5 heteroatoms. The molecule has 0 N–H and O–H groups in total. The van der Waals surface area contributed by atoms with Crippen molar-refractivity contribution < 1.29 is 9.90 Å². The largest absolute Gasteiger partial charge is 0.545 e. The summed E-state index contributed by atoms with van der Waals surface area (Å²) in [5.74, 6) is -1.35. The first-order chi connectivity index (χ1) is 8.74. The standard InChI is InChI=1S/C13H10N2O3/c16-13(17)11-8-4-5-9-12(11)15(14-18)10-6-2-1-3-7-10/h1-9H,(H,16,17)/p-1. The molecule has 18 heavy (non-hydrogen) atoms. The molecule has 0 radical (unpaired) electrons. The van der Waals surface area contributed by atoms with Crippen LogP contribution in [0, 0.1) is 4.91 Å². The average molecular weight is 241 g/mol. The molecule has 0 atom stereocenters. The fraction of sp³-hybridized carbons (Fsp3) is 0. The first-order valence-corrected chi connectivity index (χ1v) is 5.23. The molecular weight excluding hydrogens is 232 g/mol. The zero-order chi connectivity index (χ0) is 13.0. The Kier molecular flexibility index (Phi) is 3.33. The second-order valence-corrected chi connectivity index (χ2v) is 3.53. The lowest BCUT2D eigenvalue weighted by molar-refractivity contribution is -0.254. The lowest BCUT2D eigenvalue weighted by atomic mass is 10.1. The number of nitrogens with zero attached hydrogens (tertiary/aromatic N) is 2. The minimum atomic E-state index is -1.35. The van der Waals surface area contributed by atoms with Crippen LogP contribution in [-0.2, 0) is 0 Å². The van der Waals surface area contributed by atoms with Crippen molar-refractivity contribution >= 4 is 17.3 Å². The zero-order valence-electron chi connectivity index (χ0n) is 9.32. The Morgan fingerprint density at radius 2 is 1.61 bits per heavy atom. The van der Waals surface area contributed by atoms with Gasteiger partial charge in [-0.3, -0.25) is 0 Å². The van der Waals surface area contributed by atoms with Gasteiger partial charge in [0.2, 0.25) is 0 Å². The lowest BCUT2D eigenvalue weighted by Crippen LogP contribution is -2.24. The highest BCUT2D eigenvalue weighted by Gasteiger charge is 2.13. The van der Waals surface area contributed by atoms with Crippen molar-refractivity contribution in [2.75, 3.05) is 5.01 Å². The van der Waals surface area contributed by atoms with Crippen molar-refractivity contribution in [2.45, 2.75) is 0 Å². The normalized spacial score (nSPS) is 9.78. The number of hydrogen-bond donors (Lipinski definition) is 0. The maximum Gasteiger partial charge on any atom is 0.0775 e. The molecule has 90 valence electrons. The smallest absolute Gasteiger partial charge is 0.0775 e. The molecule has 0 saturated carbocycles. The number of nitroso groups, excluding NO2 is 1. The minimum Gasteiger partial charge on any atom is -0.545 e. The molecule has 0 aromatic heterocycles. The number of carbonyl (C=O) groups is 1. The molecule has 0 heterocycles. The van der Waals surface area contributed by atoms with Crippen molar-refractivity contribution in [1.29, 1.82) is 0 Å². The molecule has 2 aromatic carbocycles. The van der Waals surface area contributed by atoms with Crippen molar-refractivity contribution in [2.24, 2.45) is 5.29 Å². The highest BCUT2D eigenvalue weighted by atomic mass is 16.4. The summed E-state index contributed by atoms with van der Waals surface area (Å²) in [6.45, 7) is 0. The Morgan fingerprint density at radius 3 is 2.22 bits per heavy atom. The van der Waals surface area contributed by atoms with Crippen molar-refractivity contribution in [3.05, 3.63) is 65.1 Å². The van der Waals surface area contributed by atoms with Crippen LogP contribution in [0.25, 0.3) is 0 Å². The first-order valence-electron chi connectivity index (χ1n) is 5.23. The number of carbonyl (C=O) groups excluding carboxylic acids is 1. The van der Waals surface area contributed by atoms with Crippen molar-refractivity contribution in [1.82, 2.24) is 0 Å². The maximum atomic E-state index is 11.0. The number of carboxylic acids is 1. The molecule has 5 nitrogen and oxygen atoms in total. The molecular formula is C13H9N2O3-. The van der Waals surface area contributed by atoms with Gasteiger partial charge >= 0.3 is 0 Å². The van der Waals surface area contributed by atoms with E-state index in [2.05, 4.69) is 5.29 Å². The van der Waals surface area contributed by atoms with Crippen LogP contribution in [-0.4, -0.2) is 5.97 Å². The van der Waals surface area contributed by atoms with Gasteiger partial charge in [-0.2, -0.15) is 5.01 Å². The van der Waals surface area contributed by atoms with Gasteiger partial charge in [-0.05, 0) is 18.2 Å². The Morgan fingerprint density at radius 1 is 1.00 bits per heavy atom. The summed E-state index contributed by atoms with van der Waals surface area (Å²) < 4.78 is 0. The molecule has 0 fully saturated rings. The summed E-state index contributed by atoms with van der Waals surface area (Å²) in [6.07, 6.45) is 0. The summed E-state index contributed by atoms with van der Waals surface area (Å²) in [6, 6.07) is 14.6. The Hall–Kier alpha value is -2.69. The van der Waals surface area contributed by atoms with E-state index < -0.39 is 5.97 Å². The molecule has 0 unspecified atom stereocenters. The fourth-order valence-electron chi connectivity index (χ4n) is 1.63. The third kappa shape index (κ3) is 2.20. The summed E-state index contributed by atoms with van der Waals surface area (Å²) in [5, 5.41) is 14.9. The highest BCUT2D eigenvalue weighted by molar-refractivity contribution is 5.94. The number of hydrogen-bond acceptors (Lipinski definition) is 4. The lowest BCUT2D eigenvalue weighted by Gasteiger charge is -2.19. The van der Waals surface area contributed by atoms with E-state index in [4.69, 9.17) is 0 Å². The van der Waals surface area contributed by atoms with Crippen molar-refractivity contribution in [3.63, 3.8) is 0 Å². The Balaban J connectivity index is 2.52. The number of benzene rings is 2. The summed E-state index contributed by atoms with van der Waals surface area (Å²) >= 11 is 0. The number of carboxylic acid groups (broad SMARTS) is 1. The van der Waals surface area contributed by atoms with Gasteiger partial charge < -0.3 is 9.90 Å². The predicted octanol–water partition coefficient (Wildman–Crippen LogP) is 1.87. The van der Waals surface area contributed by atoms with E-state index in [1.807, 2.05) is 0 Å². The summed E-state index contributed by atoms with van der Waals surface area (Å²) in [5.41, 5.74) is 0.584. The van der Waals surface area contributed by atoms with Gasteiger partial charge in [0.05, 0.1) is 22.6 Å². The van der Waals surface area contributed by atoms with Crippen LogP contribution >= 0.6 is 0 Å². The second kappa shape index (κ2) is 5.09. The van der Waals surface area contributed by atoms with Gasteiger partial charge in [0.15, 0.2) is 0 Å². The number of anilines is 2. The minimum absolute atomic E-state index is 0.0825. The van der Waals surface area contributed by atoms with Crippen LogP contribution in [0.4, 0.5) is 11.4 Å². The van der Waals surface area contributed by atoms with E-state index >= 15 is 0 Å². The third-order valence-corrected chi connectivity index (χ3v) is 2.43. The molecule has 0 aliphatic carbocycles. The fourth-order valence-corrected chi connectivity index (χ4v) is 1.63. The molecule has 0 aliphatic heterocycles.